The highest BCUT2D eigenvalue weighted by atomic mass is 35.5. The van der Waals surface area contributed by atoms with Gasteiger partial charge in [-0.05, 0) is 36.5 Å². The van der Waals surface area contributed by atoms with E-state index in [0.29, 0.717) is 17.1 Å². The normalized spacial score (nSPS) is 12.1. The monoisotopic (exact) mass is 370 g/mol. The number of para-hydroxylation sites is 1. The van der Waals surface area contributed by atoms with E-state index < -0.39 is 5.82 Å². The van der Waals surface area contributed by atoms with Crippen LogP contribution in [0.2, 0.25) is 5.02 Å². The van der Waals surface area contributed by atoms with Crippen LogP contribution < -0.4 is 15.5 Å². The van der Waals surface area contributed by atoms with E-state index in [1.54, 1.807) is 30.3 Å². The number of halogens is 3. The smallest absolute Gasteiger partial charge is 0.171 e. The number of benzene rings is 2. The molecule has 0 saturated carbocycles. The zero-order valence-electron chi connectivity index (χ0n) is 13.4. The van der Waals surface area contributed by atoms with Crippen molar-refractivity contribution in [3.05, 3.63) is 64.7 Å². The van der Waals surface area contributed by atoms with E-state index in [0.717, 1.165) is 4.90 Å². The minimum absolute atomic E-state index is 0.251. The van der Waals surface area contributed by atoms with Crippen molar-refractivity contribution >= 4 is 34.6 Å². The molecule has 0 bridgehead atoms. The second-order valence-electron chi connectivity index (χ2n) is 5.58. The topological polar surface area (TPSA) is 28.5 Å². The molecule has 0 aliphatic heterocycles. The molecule has 7 heteroatoms. The van der Waals surface area contributed by atoms with Crippen LogP contribution in [0.5, 0.6) is 0 Å². The van der Waals surface area contributed by atoms with Crippen LogP contribution in [0.4, 0.5) is 14.5 Å². The average molecular weight is 371 g/mol. The number of likely N-dealkylation sites (N-methyl/N-ethyl adjacent to an activating group) is 1. The maximum Gasteiger partial charge on any atom is 0.171 e. The van der Waals surface area contributed by atoms with Gasteiger partial charge in [0.2, 0.25) is 0 Å². The maximum absolute atomic E-state index is 14.2. The fraction of sp³-hybridized carbons (Fsp3) is 0.235. The zero-order valence-corrected chi connectivity index (χ0v) is 14.9. The summed E-state index contributed by atoms with van der Waals surface area (Å²) < 4.78 is 27.8. The number of rotatable bonds is 5. The SMILES string of the molecule is C[NH+](C)[C@@H](CNC(=S)Nc1ccccc1F)c1c(F)cccc1Cl. The lowest BCUT2D eigenvalue weighted by molar-refractivity contribution is -0.890. The lowest BCUT2D eigenvalue weighted by Crippen LogP contribution is -3.07. The Hall–Kier alpha value is -1.76. The van der Waals surface area contributed by atoms with Crippen LogP contribution in [0.3, 0.4) is 0 Å². The Bertz CT molecular complexity index is 704. The summed E-state index contributed by atoms with van der Waals surface area (Å²) >= 11 is 11.3. The third kappa shape index (κ3) is 4.63. The third-order valence-electron chi connectivity index (χ3n) is 3.63. The molecule has 1 atom stereocenters. The summed E-state index contributed by atoms with van der Waals surface area (Å²) in [6.45, 7) is 0.350. The molecule has 0 aromatic heterocycles. The highest BCUT2D eigenvalue weighted by Gasteiger charge is 2.24. The van der Waals surface area contributed by atoms with Gasteiger partial charge in [-0.25, -0.2) is 8.78 Å². The predicted molar refractivity (Wildman–Crippen MR) is 97.6 cm³/mol. The highest BCUT2D eigenvalue weighted by molar-refractivity contribution is 7.80. The van der Waals surface area contributed by atoms with Gasteiger partial charge in [0.1, 0.15) is 17.7 Å². The van der Waals surface area contributed by atoms with E-state index in [1.807, 2.05) is 14.1 Å². The molecular weight excluding hydrogens is 352 g/mol. The molecule has 3 N–H and O–H groups in total. The molecule has 0 fully saturated rings. The van der Waals surface area contributed by atoms with E-state index in [-0.39, 0.29) is 22.7 Å². The van der Waals surface area contributed by atoms with E-state index in [1.165, 1.54) is 12.1 Å². The Morgan fingerprint density at radius 2 is 1.79 bits per heavy atom. The second-order valence-corrected chi connectivity index (χ2v) is 6.40. The molecule has 2 rings (SSSR count). The lowest BCUT2D eigenvalue weighted by atomic mass is 10.1. The van der Waals surface area contributed by atoms with Gasteiger partial charge in [-0.3, -0.25) is 0 Å². The van der Waals surface area contributed by atoms with E-state index >= 15 is 0 Å². The van der Waals surface area contributed by atoms with Gasteiger partial charge in [-0.15, -0.1) is 0 Å². The first kappa shape index (κ1) is 18.6. The Kier molecular flexibility index (Phi) is 6.48. The number of anilines is 1. The molecule has 0 radical (unpaired) electrons. The number of hydrogen-bond acceptors (Lipinski definition) is 1. The molecule has 0 saturated heterocycles. The van der Waals surface area contributed by atoms with Crippen LogP contribution in [-0.2, 0) is 0 Å². The molecule has 0 unspecified atom stereocenters. The summed E-state index contributed by atoms with van der Waals surface area (Å²) in [6, 6.07) is 10.6. The van der Waals surface area contributed by atoms with E-state index in [9.17, 15) is 8.78 Å². The highest BCUT2D eigenvalue weighted by Crippen LogP contribution is 2.24. The maximum atomic E-state index is 14.2. The number of nitrogens with one attached hydrogen (secondary N) is 3. The standard InChI is InChI=1S/C17H18ClF2N3S/c1-23(2)15(16-11(18)6-5-8-13(16)20)10-21-17(24)22-14-9-4-3-7-12(14)19/h3-9,15H,10H2,1-2H3,(H2,21,22,24)/p+1/t15-/m0/s1. The van der Waals surface area contributed by atoms with Gasteiger partial charge in [0.15, 0.2) is 5.11 Å². The number of thiocarbonyl (C=S) groups is 1. The molecule has 0 aliphatic rings. The second kappa shape index (κ2) is 8.37. The van der Waals surface area contributed by atoms with Crippen molar-refractivity contribution in [3.8, 4) is 0 Å². The summed E-state index contributed by atoms with van der Waals surface area (Å²) in [7, 11) is 3.81. The molecule has 24 heavy (non-hydrogen) atoms. The molecule has 128 valence electrons. The van der Waals surface area contributed by atoms with Crippen LogP contribution >= 0.6 is 23.8 Å². The van der Waals surface area contributed by atoms with Crippen molar-refractivity contribution in [3.63, 3.8) is 0 Å². The van der Waals surface area contributed by atoms with Crippen LogP contribution in [0.15, 0.2) is 42.5 Å². The molecule has 0 spiro atoms. The largest absolute Gasteiger partial charge is 0.356 e. The summed E-state index contributed by atoms with van der Waals surface area (Å²) in [5.74, 6) is -0.753. The van der Waals surface area contributed by atoms with Gasteiger partial charge in [0.25, 0.3) is 0 Å². The van der Waals surface area contributed by atoms with Crippen molar-refractivity contribution < 1.29 is 13.7 Å². The van der Waals surface area contributed by atoms with Crippen molar-refractivity contribution in [1.29, 1.82) is 0 Å². The first-order valence-corrected chi connectivity index (χ1v) is 8.22. The Labute approximate surface area is 150 Å². The summed E-state index contributed by atoms with van der Waals surface area (Å²) in [5.41, 5.74) is 0.716. The summed E-state index contributed by atoms with van der Waals surface area (Å²) in [4.78, 5) is 0.989. The van der Waals surface area contributed by atoms with Crippen molar-refractivity contribution in [2.75, 3.05) is 26.0 Å². The van der Waals surface area contributed by atoms with Crippen LogP contribution in [0, 0.1) is 11.6 Å². The molecule has 3 nitrogen and oxygen atoms in total. The van der Waals surface area contributed by atoms with Crippen molar-refractivity contribution in [1.82, 2.24) is 5.32 Å². The van der Waals surface area contributed by atoms with E-state index in [2.05, 4.69) is 10.6 Å². The Morgan fingerprint density at radius 1 is 1.12 bits per heavy atom. The minimum atomic E-state index is -0.395. The molecule has 2 aromatic rings. The summed E-state index contributed by atoms with van der Waals surface area (Å²) in [5, 5.41) is 6.43. The third-order valence-corrected chi connectivity index (χ3v) is 4.21. The zero-order chi connectivity index (χ0) is 17.7. The molecule has 0 amide bonds. The first-order chi connectivity index (χ1) is 11.4. The Balaban J connectivity index is 2.07. The van der Waals surface area contributed by atoms with Gasteiger partial charge in [-0.2, -0.15) is 0 Å². The van der Waals surface area contributed by atoms with Gasteiger partial charge in [0.05, 0.1) is 36.9 Å². The van der Waals surface area contributed by atoms with E-state index in [4.69, 9.17) is 23.8 Å². The molecule has 0 heterocycles. The predicted octanol–water partition coefficient (Wildman–Crippen LogP) is 2.79. The van der Waals surface area contributed by atoms with Crippen LogP contribution in [0.1, 0.15) is 11.6 Å². The number of hydrogen-bond donors (Lipinski definition) is 3. The lowest BCUT2D eigenvalue weighted by Gasteiger charge is -2.24. The molecular formula is C17H19ClF2N3S+. The van der Waals surface area contributed by atoms with Crippen LogP contribution in [-0.4, -0.2) is 25.8 Å². The Morgan fingerprint density at radius 3 is 2.42 bits per heavy atom. The van der Waals surface area contributed by atoms with Crippen LogP contribution in [0.25, 0.3) is 0 Å². The fourth-order valence-electron chi connectivity index (χ4n) is 2.36. The van der Waals surface area contributed by atoms with Crippen molar-refractivity contribution in [2.24, 2.45) is 0 Å². The summed E-state index contributed by atoms with van der Waals surface area (Å²) in [6.07, 6.45) is 0. The van der Waals surface area contributed by atoms with Crippen molar-refractivity contribution in [2.45, 2.75) is 6.04 Å². The molecule has 0 aliphatic carbocycles. The van der Waals surface area contributed by atoms with Gasteiger partial charge in [-0.1, -0.05) is 29.8 Å². The number of quaternary nitrogens is 1. The minimum Gasteiger partial charge on any atom is -0.356 e. The van der Waals surface area contributed by atoms with Gasteiger partial charge < -0.3 is 15.5 Å². The quantitative estimate of drug-likeness (QED) is 0.707. The van der Waals surface area contributed by atoms with Gasteiger partial charge >= 0.3 is 0 Å². The first-order valence-electron chi connectivity index (χ1n) is 7.43. The molecule has 2 aromatic carbocycles. The average Bonchev–Trinajstić information content (AvgIpc) is 2.52. The fourth-order valence-corrected chi connectivity index (χ4v) is 2.85. The van der Waals surface area contributed by atoms with Gasteiger partial charge in [0, 0.05) is 0 Å².